The van der Waals surface area contributed by atoms with Gasteiger partial charge in [0.05, 0.1) is 11.9 Å². The van der Waals surface area contributed by atoms with Crippen LogP contribution in [0.3, 0.4) is 0 Å². The summed E-state index contributed by atoms with van der Waals surface area (Å²) < 4.78 is 1.54. The molecule has 1 aromatic rings. The molecule has 0 aromatic carbocycles. The molecule has 2 heterocycles. The van der Waals surface area contributed by atoms with Gasteiger partial charge in [-0.3, -0.25) is 4.79 Å². The van der Waals surface area contributed by atoms with Gasteiger partial charge in [-0.2, -0.15) is 0 Å². The van der Waals surface area contributed by atoms with Crippen molar-refractivity contribution in [2.24, 2.45) is 5.73 Å². The highest BCUT2D eigenvalue weighted by atomic mass is 16.2. The first kappa shape index (κ1) is 12.0. The number of nitrogens with zero attached hydrogens (tertiary/aromatic N) is 4. The fraction of sp³-hybridized carbons (Fsp3) is 0.700. The number of amides is 1. The first-order valence-corrected chi connectivity index (χ1v) is 5.87. The monoisotopic (exact) mass is 238 g/mol. The summed E-state index contributed by atoms with van der Waals surface area (Å²) in [6.45, 7) is 4.00. The minimum Gasteiger partial charge on any atom is -0.340 e. The van der Waals surface area contributed by atoms with Crippen LogP contribution in [-0.4, -0.2) is 52.0 Å². The summed E-state index contributed by atoms with van der Waals surface area (Å²) >= 11 is 0. The molecule has 7 nitrogen and oxygen atoms in total. The van der Waals surface area contributed by atoms with E-state index < -0.39 is 0 Å². The molecule has 0 bridgehead atoms. The normalized spacial score (nSPS) is 16.9. The van der Waals surface area contributed by atoms with Crippen LogP contribution in [0.25, 0.3) is 0 Å². The standard InChI is InChI=1S/C10H18N6O/c11-6-9-7-16(14-13-9)8-10(17)15-4-1-2-12-3-5-15/h7,12H,1-6,8,11H2. The quantitative estimate of drug-likeness (QED) is 0.673. The number of hydrogen-bond donors (Lipinski definition) is 2. The molecular weight excluding hydrogens is 220 g/mol. The SMILES string of the molecule is NCc1cn(CC(=O)N2CCCNCC2)nn1. The molecule has 0 unspecified atom stereocenters. The second kappa shape index (κ2) is 5.74. The Hall–Kier alpha value is -1.47. The van der Waals surface area contributed by atoms with Crippen LogP contribution in [0.1, 0.15) is 12.1 Å². The Morgan fingerprint density at radius 2 is 2.35 bits per heavy atom. The van der Waals surface area contributed by atoms with Gasteiger partial charge in [0, 0.05) is 26.2 Å². The molecule has 0 saturated carbocycles. The van der Waals surface area contributed by atoms with Crippen molar-refractivity contribution in [2.75, 3.05) is 26.2 Å². The van der Waals surface area contributed by atoms with Crippen LogP contribution in [0.2, 0.25) is 0 Å². The zero-order chi connectivity index (χ0) is 12.1. The van der Waals surface area contributed by atoms with Gasteiger partial charge in [0.15, 0.2) is 0 Å². The van der Waals surface area contributed by atoms with Gasteiger partial charge in [-0.15, -0.1) is 5.10 Å². The van der Waals surface area contributed by atoms with E-state index in [0.717, 1.165) is 32.6 Å². The van der Waals surface area contributed by atoms with Gasteiger partial charge >= 0.3 is 0 Å². The summed E-state index contributed by atoms with van der Waals surface area (Å²) in [5.41, 5.74) is 6.14. The number of carbonyl (C=O) groups excluding carboxylic acids is 1. The highest BCUT2D eigenvalue weighted by Crippen LogP contribution is 1.99. The zero-order valence-electron chi connectivity index (χ0n) is 9.80. The molecule has 3 N–H and O–H groups in total. The Morgan fingerprint density at radius 3 is 3.12 bits per heavy atom. The van der Waals surface area contributed by atoms with Gasteiger partial charge in [-0.05, 0) is 13.0 Å². The maximum atomic E-state index is 12.0. The topological polar surface area (TPSA) is 89.1 Å². The highest BCUT2D eigenvalue weighted by Gasteiger charge is 2.16. The second-order valence-electron chi connectivity index (χ2n) is 4.10. The molecule has 1 aromatic heterocycles. The van der Waals surface area contributed by atoms with Crippen molar-refractivity contribution in [1.29, 1.82) is 0 Å². The summed E-state index contributed by atoms with van der Waals surface area (Å²) in [6, 6.07) is 0. The number of aromatic nitrogens is 3. The molecule has 1 fully saturated rings. The lowest BCUT2D eigenvalue weighted by Crippen LogP contribution is -2.36. The van der Waals surface area contributed by atoms with Crippen molar-refractivity contribution >= 4 is 5.91 Å². The van der Waals surface area contributed by atoms with Crippen molar-refractivity contribution in [3.8, 4) is 0 Å². The summed E-state index contributed by atoms with van der Waals surface area (Å²) in [4.78, 5) is 13.9. The maximum absolute atomic E-state index is 12.0. The van der Waals surface area contributed by atoms with Crippen LogP contribution < -0.4 is 11.1 Å². The van der Waals surface area contributed by atoms with E-state index in [1.54, 1.807) is 10.9 Å². The Kier molecular flexibility index (Phi) is 4.05. The fourth-order valence-electron chi connectivity index (χ4n) is 1.84. The van der Waals surface area contributed by atoms with Gasteiger partial charge in [-0.1, -0.05) is 5.21 Å². The van der Waals surface area contributed by atoms with E-state index in [-0.39, 0.29) is 12.5 Å². The van der Waals surface area contributed by atoms with Crippen molar-refractivity contribution in [2.45, 2.75) is 19.5 Å². The van der Waals surface area contributed by atoms with Crippen LogP contribution in [0, 0.1) is 0 Å². The van der Waals surface area contributed by atoms with E-state index in [1.165, 1.54) is 0 Å². The zero-order valence-corrected chi connectivity index (χ0v) is 9.80. The molecule has 0 atom stereocenters. The Bertz CT molecular complexity index is 369. The lowest BCUT2D eigenvalue weighted by atomic mass is 10.4. The van der Waals surface area contributed by atoms with Crippen LogP contribution in [0.15, 0.2) is 6.20 Å². The van der Waals surface area contributed by atoms with E-state index >= 15 is 0 Å². The molecule has 1 amide bonds. The first-order valence-electron chi connectivity index (χ1n) is 5.87. The van der Waals surface area contributed by atoms with Crippen LogP contribution in [0.4, 0.5) is 0 Å². The van der Waals surface area contributed by atoms with Crippen molar-refractivity contribution < 1.29 is 4.79 Å². The van der Waals surface area contributed by atoms with Crippen LogP contribution in [0.5, 0.6) is 0 Å². The second-order valence-corrected chi connectivity index (χ2v) is 4.10. The molecule has 1 saturated heterocycles. The summed E-state index contributed by atoms with van der Waals surface area (Å²) in [6.07, 6.45) is 2.71. The summed E-state index contributed by atoms with van der Waals surface area (Å²) in [5.74, 6) is 0.0853. The third kappa shape index (κ3) is 3.24. The lowest BCUT2D eigenvalue weighted by Gasteiger charge is -2.19. The fourth-order valence-corrected chi connectivity index (χ4v) is 1.84. The lowest BCUT2D eigenvalue weighted by molar-refractivity contribution is -0.131. The average Bonchev–Trinajstić information content (AvgIpc) is 2.62. The predicted molar refractivity (Wildman–Crippen MR) is 62.0 cm³/mol. The molecule has 0 radical (unpaired) electrons. The summed E-state index contributed by atoms with van der Waals surface area (Å²) in [7, 11) is 0. The Morgan fingerprint density at radius 1 is 1.47 bits per heavy atom. The number of rotatable bonds is 3. The van der Waals surface area contributed by atoms with E-state index in [2.05, 4.69) is 15.6 Å². The largest absolute Gasteiger partial charge is 0.340 e. The molecule has 2 rings (SSSR count). The number of nitrogens with two attached hydrogens (primary N) is 1. The van der Waals surface area contributed by atoms with Crippen molar-refractivity contribution in [1.82, 2.24) is 25.2 Å². The minimum atomic E-state index is 0.0853. The molecular formula is C10H18N6O. The van der Waals surface area contributed by atoms with Crippen LogP contribution >= 0.6 is 0 Å². The highest BCUT2D eigenvalue weighted by molar-refractivity contribution is 5.75. The van der Waals surface area contributed by atoms with Gasteiger partial charge in [0.25, 0.3) is 0 Å². The van der Waals surface area contributed by atoms with E-state index in [1.807, 2.05) is 4.90 Å². The van der Waals surface area contributed by atoms with Gasteiger partial charge in [-0.25, -0.2) is 4.68 Å². The molecule has 0 aliphatic carbocycles. The van der Waals surface area contributed by atoms with Crippen molar-refractivity contribution in [3.05, 3.63) is 11.9 Å². The Balaban J connectivity index is 1.90. The van der Waals surface area contributed by atoms with E-state index in [4.69, 9.17) is 5.73 Å². The van der Waals surface area contributed by atoms with Gasteiger partial charge in [0.2, 0.25) is 5.91 Å². The minimum absolute atomic E-state index is 0.0853. The summed E-state index contributed by atoms with van der Waals surface area (Å²) in [5, 5.41) is 11.0. The number of nitrogens with one attached hydrogen (secondary N) is 1. The third-order valence-electron chi connectivity index (χ3n) is 2.79. The van der Waals surface area contributed by atoms with E-state index in [9.17, 15) is 4.79 Å². The number of carbonyl (C=O) groups is 1. The molecule has 17 heavy (non-hydrogen) atoms. The third-order valence-corrected chi connectivity index (χ3v) is 2.79. The van der Waals surface area contributed by atoms with E-state index in [0.29, 0.717) is 12.2 Å². The van der Waals surface area contributed by atoms with Gasteiger partial charge < -0.3 is 16.0 Å². The predicted octanol–water partition coefficient (Wildman–Crippen LogP) is -1.44. The molecule has 7 heteroatoms. The molecule has 1 aliphatic heterocycles. The number of hydrogen-bond acceptors (Lipinski definition) is 5. The first-order chi connectivity index (χ1) is 8.29. The maximum Gasteiger partial charge on any atom is 0.244 e. The van der Waals surface area contributed by atoms with Crippen LogP contribution in [-0.2, 0) is 17.9 Å². The van der Waals surface area contributed by atoms with Gasteiger partial charge in [0.1, 0.15) is 6.54 Å². The smallest absolute Gasteiger partial charge is 0.244 e. The molecule has 0 spiro atoms. The molecule has 94 valence electrons. The molecule has 1 aliphatic rings. The van der Waals surface area contributed by atoms with Crippen molar-refractivity contribution in [3.63, 3.8) is 0 Å². The Labute approximate surface area is 100.0 Å². The average molecular weight is 238 g/mol.